The van der Waals surface area contributed by atoms with Crippen LogP contribution in [0.1, 0.15) is 22.3 Å². The number of rotatable bonds is 6. The van der Waals surface area contributed by atoms with E-state index < -0.39 is 0 Å². The summed E-state index contributed by atoms with van der Waals surface area (Å²) in [4.78, 5) is 12.1. The van der Waals surface area contributed by atoms with Crippen LogP contribution in [0.15, 0.2) is 42.5 Å². The summed E-state index contributed by atoms with van der Waals surface area (Å²) >= 11 is 0. The Bertz CT molecular complexity index is 634. The van der Waals surface area contributed by atoms with Gasteiger partial charge in [-0.05, 0) is 42.3 Å². The number of benzene rings is 2. The number of carbonyl (C=O) groups excluding carboxylic acids is 1. The van der Waals surface area contributed by atoms with Crippen LogP contribution in [-0.2, 0) is 6.42 Å². The van der Waals surface area contributed by atoms with Crippen LogP contribution in [0.4, 0.5) is 0 Å². The highest BCUT2D eigenvalue weighted by Crippen LogP contribution is 2.25. The number of aryl methyl sites for hydroxylation is 1. The van der Waals surface area contributed by atoms with Gasteiger partial charge in [-0.15, -0.1) is 0 Å². The van der Waals surface area contributed by atoms with E-state index in [1.54, 1.807) is 32.4 Å². The fourth-order valence-electron chi connectivity index (χ4n) is 2.15. The van der Waals surface area contributed by atoms with Crippen LogP contribution in [0, 0.1) is 0 Å². The molecule has 2 aromatic carbocycles. The molecule has 0 atom stereocenters. The molecule has 1 N–H and O–H groups in total. The Morgan fingerprint density at radius 2 is 1.90 bits per heavy atom. The van der Waals surface area contributed by atoms with E-state index in [1.165, 1.54) is 6.07 Å². The lowest BCUT2D eigenvalue weighted by Crippen LogP contribution is -2.02. The Balaban J connectivity index is 2.10. The molecule has 0 bridgehead atoms. The average molecular weight is 286 g/mol. The van der Waals surface area contributed by atoms with Crippen LogP contribution >= 0.6 is 0 Å². The van der Waals surface area contributed by atoms with Crippen molar-refractivity contribution in [2.45, 2.75) is 12.8 Å². The van der Waals surface area contributed by atoms with E-state index in [0.717, 1.165) is 17.1 Å². The quantitative estimate of drug-likeness (QED) is 0.828. The maximum atomic E-state index is 12.1. The zero-order chi connectivity index (χ0) is 15.2. The van der Waals surface area contributed by atoms with Crippen LogP contribution in [-0.4, -0.2) is 25.1 Å². The molecular formula is C17H18O4. The zero-order valence-corrected chi connectivity index (χ0v) is 12.1. The maximum absolute atomic E-state index is 12.1. The first-order valence-electron chi connectivity index (χ1n) is 6.67. The second kappa shape index (κ2) is 6.79. The Morgan fingerprint density at radius 1 is 1.10 bits per heavy atom. The molecule has 0 aliphatic rings. The fraction of sp³-hybridized carbons (Fsp3) is 0.235. The monoisotopic (exact) mass is 286 g/mol. The van der Waals surface area contributed by atoms with Gasteiger partial charge in [-0.3, -0.25) is 4.79 Å². The number of hydrogen-bond acceptors (Lipinski definition) is 4. The standard InChI is InChI=1S/C17H18O4/c1-20-15-7-9-17(21-2)13(11-15)6-8-16(19)12-4-3-5-14(18)10-12/h3-5,7,9-11,18H,6,8H2,1-2H3. The van der Waals surface area contributed by atoms with Crippen molar-refractivity contribution in [2.24, 2.45) is 0 Å². The third-order valence-electron chi connectivity index (χ3n) is 3.28. The lowest BCUT2D eigenvalue weighted by atomic mass is 10.0. The lowest BCUT2D eigenvalue weighted by Gasteiger charge is -2.10. The van der Waals surface area contributed by atoms with E-state index in [-0.39, 0.29) is 11.5 Å². The Hall–Kier alpha value is -2.49. The molecule has 0 amide bonds. The number of ether oxygens (including phenoxy) is 2. The summed E-state index contributed by atoms with van der Waals surface area (Å²) in [6.45, 7) is 0. The third kappa shape index (κ3) is 3.75. The zero-order valence-electron chi connectivity index (χ0n) is 12.1. The van der Waals surface area contributed by atoms with E-state index in [1.807, 2.05) is 18.2 Å². The number of hydrogen-bond donors (Lipinski definition) is 1. The predicted molar refractivity (Wildman–Crippen MR) is 80.3 cm³/mol. The van der Waals surface area contributed by atoms with Gasteiger partial charge in [0.2, 0.25) is 0 Å². The lowest BCUT2D eigenvalue weighted by molar-refractivity contribution is 0.0982. The molecule has 21 heavy (non-hydrogen) atoms. The van der Waals surface area contributed by atoms with Gasteiger partial charge in [0.1, 0.15) is 17.2 Å². The van der Waals surface area contributed by atoms with Crippen LogP contribution in [0.2, 0.25) is 0 Å². The molecular weight excluding hydrogens is 268 g/mol. The summed E-state index contributed by atoms with van der Waals surface area (Å²) in [6, 6.07) is 11.9. The number of carbonyl (C=O) groups is 1. The normalized spacial score (nSPS) is 10.2. The summed E-state index contributed by atoms with van der Waals surface area (Å²) < 4.78 is 10.5. The molecule has 0 radical (unpaired) electrons. The van der Waals surface area contributed by atoms with E-state index >= 15 is 0 Å². The predicted octanol–water partition coefficient (Wildman–Crippen LogP) is 3.22. The Kier molecular flexibility index (Phi) is 4.82. The number of aromatic hydroxyl groups is 1. The van der Waals surface area contributed by atoms with Gasteiger partial charge in [-0.2, -0.15) is 0 Å². The molecule has 0 fully saturated rings. The van der Waals surface area contributed by atoms with Gasteiger partial charge in [0.15, 0.2) is 5.78 Å². The van der Waals surface area contributed by atoms with E-state index in [2.05, 4.69) is 0 Å². The van der Waals surface area contributed by atoms with Crippen LogP contribution in [0.5, 0.6) is 17.2 Å². The van der Waals surface area contributed by atoms with Crippen molar-refractivity contribution in [3.05, 3.63) is 53.6 Å². The summed E-state index contributed by atoms with van der Waals surface area (Å²) in [7, 11) is 3.20. The molecule has 110 valence electrons. The second-order valence-corrected chi connectivity index (χ2v) is 4.65. The van der Waals surface area contributed by atoms with Crippen LogP contribution in [0.25, 0.3) is 0 Å². The maximum Gasteiger partial charge on any atom is 0.163 e. The molecule has 0 heterocycles. The Labute approximate surface area is 123 Å². The van der Waals surface area contributed by atoms with Gasteiger partial charge in [-0.1, -0.05) is 12.1 Å². The molecule has 0 saturated heterocycles. The highest BCUT2D eigenvalue weighted by atomic mass is 16.5. The van der Waals surface area contributed by atoms with Crippen molar-refractivity contribution in [1.82, 2.24) is 0 Å². The summed E-state index contributed by atoms with van der Waals surface area (Å²) in [5.74, 6) is 1.55. The highest BCUT2D eigenvalue weighted by Gasteiger charge is 2.10. The van der Waals surface area contributed by atoms with E-state index in [9.17, 15) is 9.90 Å². The van der Waals surface area contributed by atoms with Crippen molar-refractivity contribution in [3.63, 3.8) is 0 Å². The molecule has 0 spiro atoms. The van der Waals surface area contributed by atoms with Crippen molar-refractivity contribution < 1.29 is 19.4 Å². The minimum Gasteiger partial charge on any atom is -0.508 e. The van der Waals surface area contributed by atoms with Crippen molar-refractivity contribution in [3.8, 4) is 17.2 Å². The van der Waals surface area contributed by atoms with Gasteiger partial charge in [0.25, 0.3) is 0 Å². The van der Waals surface area contributed by atoms with Gasteiger partial charge < -0.3 is 14.6 Å². The number of ketones is 1. The average Bonchev–Trinajstić information content (AvgIpc) is 2.52. The van der Waals surface area contributed by atoms with Crippen molar-refractivity contribution in [1.29, 1.82) is 0 Å². The fourth-order valence-corrected chi connectivity index (χ4v) is 2.15. The molecule has 0 aliphatic carbocycles. The van der Waals surface area contributed by atoms with Gasteiger partial charge in [0.05, 0.1) is 14.2 Å². The number of Topliss-reactive ketones (excluding diaryl/α,β-unsaturated/α-hetero) is 1. The molecule has 0 saturated carbocycles. The largest absolute Gasteiger partial charge is 0.508 e. The SMILES string of the molecule is COc1ccc(OC)c(CCC(=O)c2cccc(O)c2)c1. The second-order valence-electron chi connectivity index (χ2n) is 4.65. The highest BCUT2D eigenvalue weighted by molar-refractivity contribution is 5.96. The summed E-state index contributed by atoms with van der Waals surface area (Å²) in [6.07, 6.45) is 0.891. The summed E-state index contributed by atoms with van der Waals surface area (Å²) in [5.41, 5.74) is 1.43. The van der Waals surface area contributed by atoms with Gasteiger partial charge in [-0.25, -0.2) is 0 Å². The first kappa shape index (κ1) is 14.9. The van der Waals surface area contributed by atoms with Crippen molar-refractivity contribution in [2.75, 3.05) is 14.2 Å². The molecule has 0 aliphatic heterocycles. The summed E-state index contributed by atoms with van der Waals surface area (Å²) in [5, 5.41) is 9.41. The molecule has 4 heteroatoms. The number of methoxy groups -OCH3 is 2. The van der Waals surface area contributed by atoms with E-state index in [4.69, 9.17) is 9.47 Å². The van der Waals surface area contributed by atoms with Crippen molar-refractivity contribution >= 4 is 5.78 Å². The number of phenolic OH excluding ortho intramolecular Hbond substituents is 1. The first-order chi connectivity index (χ1) is 10.1. The van der Waals surface area contributed by atoms with Crippen LogP contribution in [0.3, 0.4) is 0 Å². The first-order valence-corrected chi connectivity index (χ1v) is 6.67. The number of phenols is 1. The Morgan fingerprint density at radius 3 is 2.57 bits per heavy atom. The molecule has 2 aromatic rings. The van der Waals surface area contributed by atoms with E-state index in [0.29, 0.717) is 18.4 Å². The van der Waals surface area contributed by atoms with Crippen LogP contribution < -0.4 is 9.47 Å². The van der Waals surface area contributed by atoms with Gasteiger partial charge >= 0.3 is 0 Å². The minimum absolute atomic E-state index is 0.0178. The topological polar surface area (TPSA) is 55.8 Å². The molecule has 0 aromatic heterocycles. The molecule has 4 nitrogen and oxygen atoms in total. The van der Waals surface area contributed by atoms with Gasteiger partial charge in [0, 0.05) is 12.0 Å². The third-order valence-corrected chi connectivity index (χ3v) is 3.28. The minimum atomic E-state index is -0.0178. The smallest absolute Gasteiger partial charge is 0.163 e. The molecule has 0 unspecified atom stereocenters. The molecule has 2 rings (SSSR count).